The van der Waals surface area contributed by atoms with Gasteiger partial charge in [0.25, 0.3) is 0 Å². The summed E-state index contributed by atoms with van der Waals surface area (Å²) in [5.41, 5.74) is 0.771. The molecular weight excluding hydrogens is 422 g/mol. The Morgan fingerprint density at radius 1 is 1.16 bits per heavy atom. The molecule has 1 saturated carbocycles. The molecule has 2 aromatic rings. The molecule has 1 aromatic heterocycles. The molecule has 0 bridgehead atoms. The number of nitrogens with zero attached hydrogens (tertiary/aromatic N) is 2. The van der Waals surface area contributed by atoms with Crippen molar-refractivity contribution in [3.8, 4) is 5.69 Å². The third kappa shape index (κ3) is 7.67. The van der Waals surface area contributed by atoms with Crippen molar-refractivity contribution in [2.24, 2.45) is 5.92 Å². The summed E-state index contributed by atoms with van der Waals surface area (Å²) in [7, 11) is 0. The number of carboxylic acids is 2. The first-order valence-electron chi connectivity index (χ1n) is 9.52. The molecule has 1 aliphatic rings. The number of carbonyl (C=O) groups is 2. The first-order chi connectivity index (χ1) is 14.5. The van der Waals surface area contributed by atoms with Gasteiger partial charge in [-0.2, -0.15) is 18.3 Å². The molecule has 170 valence electrons. The van der Waals surface area contributed by atoms with Crippen LogP contribution >= 0.6 is 0 Å². The first-order valence-corrected chi connectivity index (χ1v) is 9.52. The van der Waals surface area contributed by atoms with Gasteiger partial charge < -0.3 is 15.5 Å². The number of alkyl halides is 4. The maximum Gasteiger partial charge on any atom is 0.490 e. The van der Waals surface area contributed by atoms with E-state index in [9.17, 15) is 22.4 Å². The highest BCUT2D eigenvalue weighted by Gasteiger charge is 2.38. The van der Waals surface area contributed by atoms with Crippen molar-refractivity contribution in [2.75, 3.05) is 6.54 Å². The largest absolute Gasteiger partial charge is 0.490 e. The monoisotopic (exact) mass is 445 g/mol. The van der Waals surface area contributed by atoms with Gasteiger partial charge in [0.05, 0.1) is 11.6 Å². The highest BCUT2D eigenvalue weighted by molar-refractivity contribution is 5.73. The van der Waals surface area contributed by atoms with Crippen molar-refractivity contribution in [1.82, 2.24) is 15.1 Å². The average Bonchev–Trinajstić information content (AvgIpc) is 3.23. The third-order valence-electron chi connectivity index (χ3n) is 4.95. The van der Waals surface area contributed by atoms with Gasteiger partial charge in [0, 0.05) is 25.5 Å². The molecule has 1 heterocycles. The SMILES string of the molecule is O=C(O)C(F)(F)F.O=C(O)C1CCC(F)(CNCc2ccc(-n3cccn3)cc2)CC1. The van der Waals surface area contributed by atoms with Gasteiger partial charge in [-0.25, -0.2) is 13.9 Å². The van der Waals surface area contributed by atoms with Gasteiger partial charge in [-0.05, 0) is 49.4 Å². The Morgan fingerprint density at radius 2 is 1.74 bits per heavy atom. The minimum absolute atomic E-state index is 0.264. The highest BCUT2D eigenvalue weighted by atomic mass is 19.4. The Kier molecular flexibility index (Phi) is 8.14. The zero-order valence-corrected chi connectivity index (χ0v) is 16.5. The molecule has 3 rings (SSSR count). The minimum atomic E-state index is -5.08. The summed E-state index contributed by atoms with van der Waals surface area (Å²) in [4.78, 5) is 19.8. The summed E-state index contributed by atoms with van der Waals surface area (Å²) in [6.45, 7) is 0.855. The smallest absolute Gasteiger partial charge is 0.481 e. The molecule has 1 aliphatic carbocycles. The molecule has 1 fully saturated rings. The second-order valence-corrected chi connectivity index (χ2v) is 7.29. The van der Waals surface area contributed by atoms with Crippen LogP contribution in [0.4, 0.5) is 17.6 Å². The van der Waals surface area contributed by atoms with E-state index in [2.05, 4.69) is 10.4 Å². The number of hydrogen-bond donors (Lipinski definition) is 3. The molecule has 3 N–H and O–H groups in total. The van der Waals surface area contributed by atoms with E-state index in [1.54, 1.807) is 10.9 Å². The summed E-state index contributed by atoms with van der Waals surface area (Å²) in [6, 6.07) is 9.82. The molecule has 7 nitrogen and oxygen atoms in total. The van der Waals surface area contributed by atoms with Crippen LogP contribution in [0, 0.1) is 5.92 Å². The van der Waals surface area contributed by atoms with Crippen LogP contribution < -0.4 is 5.32 Å². The third-order valence-corrected chi connectivity index (χ3v) is 4.95. The van der Waals surface area contributed by atoms with E-state index in [-0.39, 0.29) is 12.5 Å². The number of rotatable bonds is 6. The molecule has 0 saturated heterocycles. The molecule has 0 unspecified atom stereocenters. The molecular formula is C20H23F4N3O4. The number of nitrogens with one attached hydrogen (secondary N) is 1. The van der Waals surface area contributed by atoms with Crippen LogP contribution in [0.5, 0.6) is 0 Å². The number of carboxylic acid groups (broad SMARTS) is 2. The van der Waals surface area contributed by atoms with Gasteiger partial charge in [0.15, 0.2) is 0 Å². The molecule has 0 radical (unpaired) electrons. The number of aromatic nitrogens is 2. The lowest BCUT2D eigenvalue weighted by Crippen LogP contribution is -2.40. The highest BCUT2D eigenvalue weighted by Crippen LogP contribution is 2.34. The van der Waals surface area contributed by atoms with E-state index >= 15 is 0 Å². The van der Waals surface area contributed by atoms with E-state index < -0.39 is 23.8 Å². The first kappa shape index (κ1) is 24.3. The van der Waals surface area contributed by atoms with Gasteiger partial charge >= 0.3 is 18.1 Å². The number of aliphatic carboxylic acids is 2. The molecule has 1 aromatic carbocycles. The Balaban J connectivity index is 0.000000423. The van der Waals surface area contributed by atoms with Crippen molar-refractivity contribution in [1.29, 1.82) is 0 Å². The Hall–Kier alpha value is -2.95. The van der Waals surface area contributed by atoms with Crippen LogP contribution in [0.1, 0.15) is 31.2 Å². The molecule has 0 atom stereocenters. The minimum Gasteiger partial charge on any atom is -0.481 e. The van der Waals surface area contributed by atoms with Crippen molar-refractivity contribution in [3.05, 3.63) is 48.3 Å². The predicted octanol–water partition coefficient (Wildman–Crippen LogP) is 3.58. The summed E-state index contributed by atoms with van der Waals surface area (Å²) >= 11 is 0. The number of hydrogen-bond acceptors (Lipinski definition) is 4. The number of benzene rings is 1. The van der Waals surface area contributed by atoms with Crippen LogP contribution in [0.2, 0.25) is 0 Å². The lowest BCUT2D eigenvalue weighted by atomic mass is 9.80. The summed E-state index contributed by atoms with van der Waals surface area (Å²) in [5.74, 6) is -3.95. The van der Waals surface area contributed by atoms with Gasteiger partial charge in [-0.15, -0.1) is 0 Å². The average molecular weight is 445 g/mol. The maximum absolute atomic E-state index is 14.7. The topological polar surface area (TPSA) is 104 Å². The van der Waals surface area contributed by atoms with Crippen molar-refractivity contribution < 1.29 is 37.4 Å². The van der Waals surface area contributed by atoms with Gasteiger partial charge in [-0.3, -0.25) is 4.79 Å². The van der Waals surface area contributed by atoms with E-state index in [0.717, 1.165) is 11.3 Å². The van der Waals surface area contributed by atoms with E-state index in [1.807, 2.05) is 36.5 Å². The Bertz CT molecular complexity index is 846. The second kappa shape index (κ2) is 10.4. The summed E-state index contributed by atoms with van der Waals surface area (Å²) in [6.07, 6.45) is 0.00535. The fraction of sp³-hybridized carbons (Fsp3) is 0.450. The molecule has 11 heteroatoms. The summed E-state index contributed by atoms with van der Waals surface area (Å²) in [5, 5.41) is 23.4. The molecule has 0 aliphatic heterocycles. The number of halogens is 4. The molecule has 31 heavy (non-hydrogen) atoms. The van der Waals surface area contributed by atoms with Crippen molar-refractivity contribution >= 4 is 11.9 Å². The van der Waals surface area contributed by atoms with E-state index in [0.29, 0.717) is 32.2 Å². The van der Waals surface area contributed by atoms with Crippen LogP contribution in [0.3, 0.4) is 0 Å². The van der Waals surface area contributed by atoms with Crippen LogP contribution in [0.15, 0.2) is 42.7 Å². The van der Waals surface area contributed by atoms with Crippen LogP contribution in [-0.2, 0) is 16.1 Å². The van der Waals surface area contributed by atoms with Crippen LogP contribution in [0.25, 0.3) is 5.69 Å². The van der Waals surface area contributed by atoms with E-state index in [1.165, 1.54) is 0 Å². The lowest BCUT2D eigenvalue weighted by Gasteiger charge is -2.32. The Labute approximate surface area is 175 Å². The normalized spacial score (nSPS) is 21.1. The second-order valence-electron chi connectivity index (χ2n) is 7.29. The van der Waals surface area contributed by atoms with Gasteiger partial charge in [-0.1, -0.05) is 12.1 Å². The maximum atomic E-state index is 14.7. The fourth-order valence-corrected chi connectivity index (χ4v) is 3.18. The van der Waals surface area contributed by atoms with Gasteiger partial charge in [0.1, 0.15) is 5.67 Å². The summed E-state index contributed by atoms with van der Waals surface area (Å²) < 4.78 is 48.2. The lowest BCUT2D eigenvalue weighted by molar-refractivity contribution is -0.192. The zero-order valence-electron chi connectivity index (χ0n) is 16.5. The fourth-order valence-electron chi connectivity index (χ4n) is 3.18. The quantitative estimate of drug-likeness (QED) is 0.588. The molecule has 0 amide bonds. The van der Waals surface area contributed by atoms with Crippen molar-refractivity contribution in [2.45, 2.75) is 44.1 Å². The standard InChI is InChI=1S/C18H22FN3O2.C2HF3O2/c19-18(8-6-15(7-9-18)17(23)24)13-20-12-14-2-4-16(5-3-14)22-11-1-10-21-22;3-2(4,5)1(6)7/h1-5,10-11,15,20H,6-9,12-13H2,(H,23,24);(H,6,7). The molecule has 0 spiro atoms. The van der Waals surface area contributed by atoms with Crippen LogP contribution in [-0.4, -0.2) is 50.3 Å². The van der Waals surface area contributed by atoms with Crippen molar-refractivity contribution in [3.63, 3.8) is 0 Å². The predicted molar refractivity (Wildman–Crippen MR) is 102 cm³/mol. The van der Waals surface area contributed by atoms with E-state index in [4.69, 9.17) is 15.0 Å². The van der Waals surface area contributed by atoms with Gasteiger partial charge in [0.2, 0.25) is 0 Å². The Morgan fingerprint density at radius 3 is 2.19 bits per heavy atom. The zero-order chi connectivity index (χ0) is 23.1.